The van der Waals surface area contributed by atoms with Crippen molar-refractivity contribution in [1.29, 1.82) is 0 Å². The van der Waals surface area contributed by atoms with Crippen molar-refractivity contribution in [1.82, 2.24) is 20.2 Å². The number of furan rings is 1. The summed E-state index contributed by atoms with van der Waals surface area (Å²) in [6.07, 6.45) is 1.49. The minimum atomic E-state index is -0.457. The van der Waals surface area contributed by atoms with Gasteiger partial charge in [0.2, 0.25) is 0 Å². The molecule has 2 heterocycles. The zero-order chi connectivity index (χ0) is 21.4. The molecule has 3 aromatic carbocycles. The van der Waals surface area contributed by atoms with Crippen LogP contribution in [0.1, 0.15) is 5.56 Å². The van der Waals surface area contributed by atoms with Gasteiger partial charge < -0.3 is 9.15 Å². The van der Waals surface area contributed by atoms with E-state index in [0.717, 1.165) is 0 Å². The number of hydrogen-bond donors (Lipinski definition) is 0. The Bertz CT molecular complexity index is 1380. The van der Waals surface area contributed by atoms with Gasteiger partial charge in [-0.15, -0.1) is 5.10 Å². The number of aromatic nitrogens is 4. The van der Waals surface area contributed by atoms with Crippen LogP contribution in [0.25, 0.3) is 28.0 Å². The summed E-state index contributed by atoms with van der Waals surface area (Å²) in [7, 11) is 0. The summed E-state index contributed by atoms with van der Waals surface area (Å²) >= 11 is 6.02. The molecule has 9 heteroatoms. The first-order chi connectivity index (χ1) is 15.1. The third kappa shape index (κ3) is 3.73. The van der Waals surface area contributed by atoms with Crippen LogP contribution in [0.15, 0.2) is 71.3 Å². The molecule has 0 N–H and O–H groups in total. The van der Waals surface area contributed by atoms with E-state index in [2.05, 4.69) is 15.5 Å². The molecule has 0 saturated heterocycles. The molecule has 5 aromatic rings. The van der Waals surface area contributed by atoms with Crippen molar-refractivity contribution in [2.24, 2.45) is 0 Å². The monoisotopic (exact) mass is 438 g/mol. The number of hydrogen-bond acceptors (Lipinski definition) is 5. The van der Waals surface area contributed by atoms with E-state index in [-0.39, 0.29) is 18.0 Å². The Kier molecular flexibility index (Phi) is 4.83. The number of benzene rings is 3. The lowest BCUT2D eigenvalue weighted by molar-refractivity contribution is 0.306. The van der Waals surface area contributed by atoms with Gasteiger partial charge in [0.25, 0.3) is 0 Å². The van der Waals surface area contributed by atoms with E-state index < -0.39 is 11.6 Å². The largest absolute Gasteiger partial charge is 0.489 e. The van der Waals surface area contributed by atoms with E-state index >= 15 is 0 Å². The standard InChI is InChI=1S/C22H13ClF2N4O2/c23-19-10-15(24)2-1-14(19)12-31-17-5-3-16(4-6-17)29-22(26-27-28-29)18-11-21-13(7-8-30-21)9-20(18)25/h1-11H,12H2. The van der Waals surface area contributed by atoms with E-state index in [1.807, 2.05) is 0 Å². The fourth-order valence-corrected chi connectivity index (χ4v) is 3.39. The molecule has 0 unspecified atom stereocenters. The first-order valence-electron chi connectivity index (χ1n) is 9.21. The van der Waals surface area contributed by atoms with Crippen LogP contribution in [0.2, 0.25) is 5.02 Å². The van der Waals surface area contributed by atoms with Gasteiger partial charge in [-0.1, -0.05) is 17.7 Å². The van der Waals surface area contributed by atoms with Gasteiger partial charge in [-0.25, -0.2) is 8.78 Å². The molecule has 0 saturated carbocycles. The Morgan fingerprint density at radius 3 is 2.65 bits per heavy atom. The van der Waals surface area contributed by atoms with Gasteiger partial charge in [0.05, 0.1) is 22.5 Å². The molecule has 6 nitrogen and oxygen atoms in total. The molecule has 0 amide bonds. The van der Waals surface area contributed by atoms with Crippen molar-refractivity contribution in [2.45, 2.75) is 6.61 Å². The van der Waals surface area contributed by atoms with Crippen molar-refractivity contribution >= 4 is 22.6 Å². The van der Waals surface area contributed by atoms with E-state index in [9.17, 15) is 8.78 Å². The Morgan fingerprint density at radius 1 is 1.00 bits per heavy atom. The number of fused-ring (bicyclic) bond motifs is 1. The Morgan fingerprint density at radius 2 is 1.84 bits per heavy atom. The predicted octanol–water partition coefficient (Wildman–Crippen LogP) is 5.59. The quantitative estimate of drug-likeness (QED) is 0.358. The van der Waals surface area contributed by atoms with Crippen LogP contribution >= 0.6 is 11.6 Å². The smallest absolute Gasteiger partial charge is 0.190 e. The molecule has 0 aliphatic rings. The first-order valence-corrected chi connectivity index (χ1v) is 9.59. The first kappa shape index (κ1) is 19.2. The van der Waals surface area contributed by atoms with Crippen molar-refractivity contribution < 1.29 is 17.9 Å². The molecular formula is C22H13ClF2N4O2. The molecule has 0 bridgehead atoms. The van der Waals surface area contributed by atoms with Crippen LogP contribution < -0.4 is 4.74 Å². The summed E-state index contributed by atoms with van der Waals surface area (Å²) in [4.78, 5) is 0. The third-order valence-corrected chi connectivity index (χ3v) is 5.10. The molecule has 0 atom stereocenters. The average Bonchev–Trinajstić information content (AvgIpc) is 3.42. The lowest BCUT2D eigenvalue weighted by Gasteiger charge is -2.09. The van der Waals surface area contributed by atoms with Gasteiger partial charge >= 0.3 is 0 Å². The second-order valence-corrected chi connectivity index (χ2v) is 7.13. The minimum absolute atomic E-state index is 0.183. The highest BCUT2D eigenvalue weighted by Gasteiger charge is 2.17. The van der Waals surface area contributed by atoms with Crippen LogP contribution in [0.4, 0.5) is 8.78 Å². The number of tetrazole rings is 1. The van der Waals surface area contributed by atoms with Gasteiger partial charge in [-0.2, -0.15) is 4.68 Å². The summed E-state index contributed by atoms with van der Waals surface area (Å²) in [5.74, 6) is -0.0522. The summed E-state index contributed by atoms with van der Waals surface area (Å²) in [6, 6.07) is 15.7. The number of rotatable bonds is 5. The van der Waals surface area contributed by atoms with Gasteiger partial charge in [-0.3, -0.25) is 0 Å². The number of halogens is 3. The van der Waals surface area contributed by atoms with Gasteiger partial charge in [-0.05, 0) is 65.0 Å². The predicted molar refractivity (Wildman–Crippen MR) is 110 cm³/mol. The number of ether oxygens (including phenoxy) is 1. The zero-order valence-electron chi connectivity index (χ0n) is 15.8. The Balaban J connectivity index is 1.39. The zero-order valence-corrected chi connectivity index (χ0v) is 16.6. The maximum atomic E-state index is 14.6. The van der Waals surface area contributed by atoms with E-state index in [1.165, 1.54) is 29.1 Å². The highest BCUT2D eigenvalue weighted by atomic mass is 35.5. The second-order valence-electron chi connectivity index (χ2n) is 6.72. The van der Waals surface area contributed by atoms with Gasteiger partial charge in [0.1, 0.15) is 29.6 Å². The number of nitrogens with zero attached hydrogens (tertiary/aromatic N) is 4. The minimum Gasteiger partial charge on any atom is -0.489 e. The lowest BCUT2D eigenvalue weighted by atomic mass is 10.1. The molecule has 0 radical (unpaired) electrons. The molecule has 0 aliphatic carbocycles. The normalized spacial score (nSPS) is 11.2. The van der Waals surface area contributed by atoms with E-state index in [1.54, 1.807) is 42.5 Å². The fourth-order valence-electron chi connectivity index (χ4n) is 3.17. The summed E-state index contributed by atoms with van der Waals surface area (Å²) < 4.78 is 40.3. The molecule has 5 rings (SSSR count). The summed E-state index contributed by atoms with van der Waals surface area (Å²) in [5, 5.41) is 12.6. The van der Waals surface area contributed by atoms with Gasteiger partial charge in [0, 0.05) is 10.9 Å². The topological polar surface area (TPSA) is 66.0 Å². The van der Waals surface area contributed by atoms with E-state index in [4.69, 9.17) is 20.8 Å². The molecule has 0 spiro atoms. The SMILES string of the molecule is Fc1ccc(COc2ccc(-n3nnnc3-c3cc4occc4cc3F)cc2)c(Cl)c1. The molecule has 154 valence electrons. The van der Waals surface area contributed by atoms with E-state index in [0.29, 0.717) is 33.0 Å². The van der Waals surface area contributed by atoms with Crippen molar-refractivity contribution in [3.8, 4) is 22.8 Å². The second kappa shape index (κ2) is 7.81. The Hall–Kier alpha value is -3.78. The maximum absolute atomic E-state index is 14.6. The van der Waals surface area contributed by atoms with Crippen molar-refractivity contribution in [2.75, 3.05) is 0 Å². The molecular weight excluding hydrogens is 426 g/mol. The van der Waals surface area contributed by atoms with Gasteiger partial charge in [0.15, 0.2) is 5.82 Å². The van der Waals surface area contributed by atoms with Crippen molar-refractivity contribution in [3.05, 3.63) is 89.1 Å². The van der Waals surface area contributed by atoms with Crippen LogP contribution in [-0.2, 0) is 6.61 Å². The van der Waals surface area contributed by atoms with Crippen LogP contribution in [0.3, 0.4) is 0 Å². The molecule has 0 fully saturated rings. The average molecular weight is 439 g/mol. The highest BCUT2D eigenvalue weighted by Crippen LogP contribution is 2.28. The third-order valence-electron chi connectivity index (χ3n) is 4.74. The molecule has 0 aliphatic heterocycles. The molecule has 2 aromatic heterocycles. The van der Waals surface area contributed by atoms with Crippen LogP contribution in [0, 0.1) is 11.6 Å². The van der Waals surface area contributed by atoms with Crippen LogP contribution in [-0.4, -0.2) is 20.2 Å². The van der Waals surface area contributed by atoms with Crippen LogP contribution in [0.5, 0.6) is 5.75 Å². The highest BCUT2D eigenvalue weighted by molar-refractivity contribution is 6.31. The maximum Gasteiger partial charge on any atom is 0.190 e. The summed E-state index contributed by atoms with van der Waals surface area (Å²) in [5.41, 5.74) is 2.04. The van der Waals surface area contributed by atoms with Crippen molar-refractivity contribution in [3.63, 3.8) is 0 Å². The lowest BCUT2D eigenvalue weighted by Crippen LogP contribution is -2.02. The Labute approximate surface area is 179 Å². The molecule has 31 heavy (non-hydrogen) atoms. The summed E-state index contributed by atoms with van der Waals surface area (Å²) in [6.45, 7) is 0.183. The fraction of sp³-hybridized carbons (Fsp3) is 0.0455.